The summed E-state index contributed by atoms with van der Waals surface area (Å²) >= 11 is 5.60. The van der Waals surface area contributed by atoms with Crippen LogP contribution in [0.3, 0.4) is 0 Å². The molecule has 0 aliphatic heterocycles. The van der Waals surface area contributed by atoms with Crippen LogP contribution in [0.25, 0.3) is 0 Å². The van der Waals surface area contributed by atoms with Gasteiger partial charge in [-0.25, -0.2) is 9.37 Å². The van der Waals surface area contributed by atoms with Gasteiger partial charge in [0.15, 0.2) is 0 Å². The van der Waals surface area contributed by atoms with Crippen LogP contribution in [0.2, 0.25) is 5.02 Å². The number of nitrogens with zero attached hydrogens (tertiary/aromatic N) is 1. The van der Waals surface area contributed by atoms with Gasteiger partial charge in [0, 0.05) is 6.20 Å². The first kappa shape index (κ1) is 15.2. The molecule has 8 heteroatoms. The minimum Gasteiger partial charge on any atom is -0.306 e. The topological polar surface area (TPSA) is 42.0 Å². The maximum absolute atomic E-state index is 13.8. The molecule has 0 aliphatic carbocycles. The fraction of sp³-hybridized carbons (Fsp3) is 0.0769. The molecule has 1 aromatic heterocycles. The largest absolute Gasteiger partial charge is 0.419 e. The van der Waals surface area contributed by atoms with Crippen LogP contribution in [0.1, 0.15) is 15.9 Å². The highest BCUT2D eigenvalue weighted by atomic mass is 35.5. The Hall–Kier alpha value is -2.15. The van der Waals surface area contributed by atoms with Crippen molar-refractivity contribution in [1.82, 2.24) is 4.98 Å². The number of pyridine rings is 1. The van der Waals surface area contributed by atoms with Crippen molar-refractivity contribution in [3.05, 3.63) is 58.5 Å². The molecule has 0 radical (unpaired) electrons. The second kappa shape index (κ2) is 5.69. The van der Waals surface area contributed by atoms with Crippen LogP contribution >= 0.6 is 11.6 Å². The number of rotatable bonds is 2. The third-order valence-electron chi connectivity index (χ3n) is 2.52. The highest BCUT2D eigenvalue weighted by molar-refractivity contribution is 6.30. The Morgan fingerprint density at radius 2 is 1.90 bits per heavy atom. The third-order valence-corrected chi connectivity index (χ3v) is 2.74. The van der Waals surface area contributed by atoms with Crippen molar-refractivity contribution in [3.8, 4) is 0 Å². The van der Waals surface area contributed by atoms with Gasteiger partial charge in [-0.3, -0.25) is 4.79 Å². The molecule has 2 aromatic rings. The Morgan fingerprint density at radius 3 is 2.48 bits per heavy atom. The minimum atomic E-state index is -4.88. The molecular weight excluding hydrogens is 312 g/mol. The van der Waals surface area contributed by atoms with Crippen LogP contribution in [0.4, 0.5) is 23.4 Å². The van der Waals surface area contributed by atoms with Gasteiger partial charge >= 0.3 is 6.18 Å². The van der Waals surface area contributed by atoms with Crippen molar-refractivity contribution < 1.29 is 22.4 Å². The number of amides is 1. The fourth-order valence-electron chi connectivity index (χ4n) is 1.56. The van der Waals surface area contributed by atoms with E-state index in [9.17, 15) is 22.4 Å². The van der Waals surface area contributed by atoms with Crippen molar-refractivity contribution in [3.63, 3.8) is 0 Å². The van der Waals surface area contributed by atoms with Crippen LogP contribution in [0, 0.1) is 5.82 Å². The zero-order valence-corrected chi connectivity index (χ0v) is 11.0. The molecule has 0 saturated carbocycles. The minimum absolute atomic E-state index is 0.0428. The van der Waals surface area contributed by atoms with Gasteiger partial charge in [0.2, 0.25) is 0 Å². The Kier molecular flexibility index (Phi) is 4.13. The number of nitrogens with one attached hydrogen (secondary N) is 1. The van der Waals surface area contributed by atoms with Crippen molar-refractivity contribution in [2.45, 2.75) is 6.18 Å². The maximum Gasteiger partial charge on any atom is 0.419 e. The van der Waals surface area contributed by atoms with E-state index in [2.05, 4.69) is 10.3 Å². The molecule has 0 bridgehead atoms. The van der Waals surface area contributed by atoms with E-state index in [-0.39, 0.29) is 5.82 Å². The number of aromatic nitrogens is 1. The first-order valence-electron chi connectivity index (χ1n) is 5.57. The smallest absolute Gasteiger partial charge is 0.306 e. The van der Waals surface area contributed by atoms with Gasteiger partial charge in [-0.2, -0.15) is 13.2 Å². The molecule has 21 heavy (non-hydrogen) atoms. The zero-order valence-electron chi connectivity index (χ0n) is 10.2. The van der Waals surface area contributed by atoms with Gasteiger partial charge in [-0.15, -0.1) is 0 Å². The quantitative estimate of drug-likeness (QED) is 0.845. The Balaban J connectivity index is 2.30. The van der Waals surface area contributed by atoms with E-state index in [1.807, 2.05) is 0 Å². The number of halogens is 5. The number of hydrogen-bond acceptors (Lipinski definition) is 2. The van der Waals surface area contributed by atoms with E-state index >= 15 is 0 Å². The summed E-state index contributed by atoms with van der Waals surface area (Å²) in [6.45, 7) is 0. The van der Waals surface area contributed by atoms with Crippen LogP contribution in [0.5, 0.6) is 0 Å². The highest BCUT2D eigenvalue weighted by Gasteiger charge is 2.35. The molecule has 0 spiro atoms. The molecule has 1 heterocycles. The number of hydrogen-bond donors (Lipinski definition) is 1. The van der Waals surface area contributed by atoms with E-state index in [0.29, 0.717) is 11.1 Å². The lowest BCUT2D eigenvalue weighted by Gasteiger charge is -2.11. The number of benzene rings is 1. The molecule has 2 rings (SSSR count). The predicted molar refractivity (Wildman–Crippen MR) is 68.6 cm³/mol. The van der Waals surface area contributed by atoms with E-state index in [1.165, 1.54) is 18.3 Å². The summed E-state index contributed by atoms with van der Waals surface area (Å²) in [4.78, 5) is 15.5. The molecule has 0 aliphatic rings. The van der Waals surface area contributed by atoms with Gasteiger partial charge < -0.3 is 5.32 Å². The second-order valence-corrected chi connectivity index (χ2v) is 4.42. The zero-order chi connectivity index (χ0) is 15.6. The summed E-state index contributed by atoms with van der Waals surface area (Å²) in [5, 5.41) is 2.51. The number of alkyl halides is 3. The van der Waals surface area contributed by atoms with Crippen molar-refractivity contribution >= 4 is 23.3 Å². The van der Waals surface area contributed by atoms with Crippen LogP contribution in [-0.4, -0.2) is 10.9 Å². The normalized spacial score (nSPS) is 11.3. The summed E-state index contributed by atoms with van der Waals surface area (Å²) in [5.74, 6) is -2.62. The lowest BCUT2D eigenvalue weighted by atomic mass is 10.1. The van der Waals surface area contributed by atoms with Crippen LogP contribution < -0.4 is 5.32 Å². The molecule has 110 valence electrons. The van der Waals surface area contributed by atoms with E-state index in [0.717, 1.165) is 12.1 Å². The molecular formula is C13H7ClF4N2O. The van der Waals surface area contributed by atoms with E-state index in [4.69, 9.17) is 11.6 Å². The summed E-state index contributed by atoms with van der Waals surface area (Å²) in [6, 6.07) is 5.23. The van der Waals surface area contributed by atoms with E-state index < -0.39 is 29.0 Å². The molecule has 1 N–H and O–H groups in total. The highest BCUT2D eigenvalue weighted by Crippen LogP contribution is 2.32. The summed E-state index contributed by atoms with van der Waals surface area (Å²) in [6.07, 6.45) is -3.64. The van der Waals surface area contributed by atoms with Crippen LogP contribution in [0.15, 0.2) is 36.5 Å². The monoisotopic (exact) mass is 318 g/mol. The Labute approximate surface area is 121 Å². The fourth-order valence-corrected chi connectivity index (χ4v) is 1.67. The summed E-state index contributed by atoms with van der Waals surface area (Å²) in [7, 11) is 0. The molecule has 0 saturated heterocycles. The van der Waals surface area contributed by atoms with Gasteiger partial charge in [-0.05, 0) is 24.3 Å². The van der Waals surface area contributed by atoms with Crippen LogP contribution in [-0.2, 0) is 6.18 Å². The molecule has 0 unspecified atom stereocenters. The molecule has 1 amide bonds. The molecule has 3 nitrogen and oxygen atoms in total. The maximum atomic E-state index is 13.8. The predicted octanol–water partition coefficient (Wildman–Crippen LogP) is 4.15. The standard InChI is InChI=1S/C13H7ClF4N2O/c14-7-4-5-10(19-6-7)20-12(21)8-2-1-3-9(11(8)15)13(16,17)18/h1-6H,(H,19,20,21). The molecule has 0 atom stereocenters. The van der Waals surface area contributed by atoms with Crippen molar-refractivity contribution in [2.75, 3.05) is 5.32 Å². The lowest BCUT2D eigenvalue weighted by Crippen LogP contribution is -2.18. The average molecular weight is 319 g/mol. The van der Waals surface area contributed by atoms with Crippen molar-refractivity contribution in [1.29, 1.82) is 0 Å². The number of carbonyl (C=O) groups excluding carboxylic acids is 1. The first-order chi connectivity index (χ1) is 9.79. The summed E-state index contributed by atoms with van der Waals surface area (Å²) in [5.41, 5.74) is -2.22. The first-order valence-corrected chi connectivity index (χ1v) is 5.95. The summed E-state index contributed by atoms with van der Waals surface area (Å²) < 4.78 is 51.5. The molecule has 1 aromatic carbocycles. The van der Waals surface area contributed by atoms with Crippen molar-refractivity contribution in [2.24, 2.45) is 0 Å². The van der Waals surface area contributed by atoms with Gasteiger partial charge in [0.25, 0.3) is 5.91 Å². The Morgan fingerprint density at radius 1 is 1.19 bits per heavy atom. The third kappa shape index (κ3) is 3.49. The van der Waals surface area contributed by atoms with Gasteiger partial charge in [0.05, 0.1) is 16.1 Å². The van der Waals surface area contributed by atoms with E-state index in [1.54, 1.807) is 0 Å². The number of carbonyl (C=O) groups is 1. The number of anilines is 1. The van der Waals surface area contributed by atoms with Gasteiger partial charge in [0.1, 0.15) is 11.6 Å². The second-order valence-electron chi connectivity index (χ2n) is 3.98. The molecule has 0 fully saturated rings. The Bertz CT molecular complexity index is 671. The van der Waals surface area contributed by atoms with Gasteiger partial charge in [-0.1, -0.05) is 17.7 Å². The average Bonchev–Trinajstić information content (AvgIpc) is 2.40. The lowest BCUT2D eigenvalue weighted by molar-refractivity contribution is -0.140. The SMILES string of the molecule is O=C(Nc1ccc(Cl)cn1)c1cccc(C(F)(F)F)c1F.